The van der Waals surface area contributed by atoms with Crippen LogP contribution in [-0.2, 0) is 4.79 Å². The second-order valence-corrected chi connectivity index (χ2v) is 8.79. The van der Waals surface area contributed by atoms with Crippen LogP contribution in [0.5, 0.6) is 0 Å². The minimum absolute atomic E-state index is 0.0525. The lowest BCUT2D eigenvalue weighted by molar-refractivity contribution is -0.128. The first-order chi connectivity index (χ1) is 13.5. The number of carbonyl (C=O) groups is 2. The number of hydrogen-bond donors (Lipinski definition) is 3. The second kappa shape index (κ2) is 7.90. The molecule has 4 N–H and O–H groups in total. The monoisotopic (exact) mass is 417 g/mol. The van der Waals surface area contributed by atoms with Crippen LogP contribution in [0, 0.1) is 0 Å². The number of nitrogens with one attached hydrogen (secondary N) is 1. The van der Waals surface area contributed by atoms with Crippen LogP contribution in [0.1, 0.15) is 34.9 Å². The van der Waals surface area contributed by atoms with Gasteiger partial charge in [-0.2, -0.15) is 5.10 Å². The molecule has 2 atom stereocenters. The molecule has 3 heterocycles. The number of aromatic nitrogens is 3. The first-order valence-corrected chi connectivity index (χ1v) is 10.7. The molecule has 1 aliphatic heterocycles. The third-order valence-electron chi connectivity index (χ3n) is 4.90. The van der Waals surface area contributed by atoms with Gasteiger partial charge in [0.1, 0.15) is 0 Å². The molecule has 1 fully saturated rings. The number of rotatable bonds is 7. The number of carboxylic acids is 1. The van der Waals surface area contributed by atoms with Gasteiger partial charge in [0.25, 0.3) is 0 Å². The molecule has 1 unspecified atom stereocenters. The number of likely N-dealkylation sites (tertiary alicyclic amines) is 1. The quantitative estimate of drug-likeness (QED) is 0.504. The summed E-state index contributed by atoms with van der Waals surface area (Å²) >= 11 is 2.76. The maximum absolute atomic E-state index is 12.4. The van der Waals surface area contributed by atoms with Crippen LogP contribution in [0.3, 0.4) is 0 Å². The highest BCUT2D eigenvalue weighted by Crippen LogP contribution is 2.31. The van der Waals surface area contributed by atoms with E-state index in [1.165, 1.54) is 28.5 Å². The van der Waals surface area contributed by atoms with E-state index in [0.717, 1.165) is 22.9 Å². The molecule has 0 bridgehead atoms. The number of H-pyrrole nitrogens is 1. The van der Waals surface area contributed by atoms with E-state index in [1.807, 2.05) is 23.1 Å². The molecule has 3 aromatic rings. The zero-order chi connectivity index (χ0) is 19.7. The molecule has 0 radical (unpaired) electrons. The van der Waals surface area contributed by atoms with Crippen molar-refractivity contribution in [2.24, 2.45) is 5.73 Å². The highest BCUT2D eigenvalue weighted by Gasteiger charge is 2.35. The number of nitrogens with zero attached hydrogens (tertiary/aromatic N) is 3. The maximum Gasteiger partial charge on any atom is 0.355 e. The first-order valence-electron chi connectivity index (χ1n) is 8.82. The van der Waals surface area contributed by atoms with E-state index in [-0.39, 0.29) is 23.7 Å². The molecule has 1 aromatic carbocycles. The predicted octanol–water partition coefficient (Wildman–Crippen LogP) is 2.50. The predicted molar refractivity (Wildman–Crippen MR) is 108 cm³/mol. The number of benzene rings is 1. The normalized spacial score (nSPS) is 18.1. The van der Waals surface area contributed by atoms with Gasteiger partial charge in [-0.1, -0.05) is 17.8 Å². The molecule has 8 nitrogen and oxygen atoms in total. The Kier molecular flexibility index (Phi) is 5.33. The van der Waals surface area contributed by atoms with Crippen molar-refractivity contribution in [3.63, 3.8) is 0 Å². The van der Waals surface area contributed by atoms with Crippen LogP contribution in [0.15, 0.2) is 34.1 Å². The van der Waals surface area contributed by atoms with Gasteiger partial charge in [0.2, 0.25) is 5.91 Å². The zero-order valence-electron chi connectivity index (χ0n) is 14.9. The Morgan fingerprint density at radius 1 is 1.50 bits per heavy atom. The van der Waals surface area contributed by atoms with E-state index in [9.17, 15) is 9.59 Å². The van der Waals surface area contributed by atoms with Gasteiger partial charge in [-0.25, -0.2) is 9.78 Å². The van der Waals surface area contributed by atoms with Crippen LogP contribution in [0.4, 0.5) is 0 Å². The number of thioether (sulfide) groups is 1. The number of thiazole rings is 1. The van der Waals surface area contributed by atoms with E-state index in [0.29, 0.717) is 23.1 Å². The van der Waals surface area contributed by atoms with E-state index in [2.05, 4.69) is 15.2 Å². The fourth-order valence-corrected chi connectivity index (χ4v) is 5.27. The molecule has 1 amide bonds. The number of aromatic carboxylic acids is 1. The average Bonchev–Trinajstić information content (AvgIpc) is 3.41. The number of nitrogens with two attached hydrogens (primary N) is 1. The minimum Gasteiger partial charge on any atom is -0.476 e. The van der Waals surface area contributed by atoms with Crippen molar-refractivity contribution in [1.29, 1.82) is 0 Å². The topological polar surface area (TPSA) is 125 Å². The summed E-state index contributed by atoms with van der Waals surface area (Å²) in [6.45, 7) is 0.553. The van der Waals surface area contributed by atoms with Crippen LogP contribution in [0.25, 0.3) is 10.9 Å². The number of carbonyl (C=O) groups excluding carboxylic acids is 1. The molecule has 4 rings (SSSR count). The molecule has 1 aliphatic rings. The van der Waals surface area contributed by atoms with Crippen molar-refractivity contribution in [1.82, 2.24) is 20.1 Å². The standard InChI is InChI=1S/C18H19N5O3S2/c19-16(10-1-2-12-11(7-10)8-20-22-12)14-3-4-15(24)23(14)5-6-27-18-21-13(9-28-18)17(25)26/h1-2,7-9,14,16H,3-6,19H2,(H,20,22)(H,25,26)/t14-,16?/m1/s1. The van der Waals surface area contributed by atoms with Crippen molar-refractivity contribution in [2.45, 2.75) is 29.3 Å². The summed E-state index contributed by atoms with van der Waals surface area (Å²) in [4.78, 5) is 29.2. The SMILES string of the molecule is NC(c1ccc2[nH]ncc2c1)[C@H]1CCC(=O)N1CCSc1nc(C(=O)O)cs1. The third-order valence-corrected chi connectivity index (χ3v) is 6.90. The molecule has 1 saturated heterocycles. The largest absolute Gasteiger partial charge is 0.476 e. The molecule has 28 heavy (non-hydrogen) atoms. The summed E-state index contributed by atoms with van der Waals surface area (Å²) in [6.07, 6.45) is 2.99. The van der Waals surface area contributed by atoms with Crippen LogP contribution >= 0.6 is 23.1 Å². The third kappa shape index (κ3) is 3.75. The molecule has 0 saturated carbocycles. The number of hydrogen-bond acceptors (Lipinski definition) is 7. The van der Waals surface area contributed by atoms with Crippen LogP contribution in [-0.4, -0.2) is 55.4 Å². The van der Waals surface area contributed by atoms with E-state index in [1.54, 1.807) is 6.20 Å². The maximum atomic E-state index is 12.4. The first kappa shape index (κ1) is 18.9. The summed E-state index contributed by atoms with van der Waals surface area (Å²) in [5.74, 6) is -0.281. The number of amides is 1. The van der Waals surface area contributed by atoms with Gasteiger partial charge in [-0.3, -0.25) is 9.89 Å². The zero-order valence-corrected chi connectivity index (χ0v) is 16.5. The van der Waals surface area contributed by atoms with Crippen molar-refractivity contribution < 1.29 is 14.7 Å². The van der Waals surface area contributed by atoms with Crippen molar-refractivity contribution >= 4 is 45.9 Å². The Morgan fingerprint density at radius 2 is 2.36 bits per heavy atom. The van der Waals surface area contributed by atoms with Gasteiger partial charge < -0.3 is 15.7 Å². The molecule has 146 valence electrons. The van der Waals surface area contributed by atoms with Crippen LogP contribution < -0.4 is 5.73 Å². The molecule has 0 spiro atoms. The van der Waals surface area contributed by atoms with Gasteiger partial charge in [-0.05, 0) is 24.1 Å². The Hall–Kier alpha value is -2.43. The van der Waals surface area contributed by atoms with E-state index < -0.39 is 5.97 Å². The average molecular weight is 418 g/mol. The minimum atomic E-state index is -1.03. The fourth-order valence-electron chi connectivity index (χ4n) is 3.46. The second-order valence-electron chi connectivity index (χ2n) is 6.59. The van der Waals surface area contributed by atoms with Gasteiger partial charge in [-0.15, -0.1) is 11.3 Å². The summed E-state index contributed by atoms with van der Waals surface area (Å²) in [7, 11) is 0. The highest BCUT2D eigenvalue weighted by atomic mass is 32.2. The van der Waals surface area contributed by atoms with Crippen molar-refractivity contribution in [3.05, 3.63) is 41.0 Å². The van der Waals surface area contributed by atoms with E-state index in [4.69, 9.17) is 10.8 Å². The Morgan fingerprint density at radius 3 is 3.14 bits per heavy atom. The molecular formula is C18H19N5O3S2. The Labute approximate surface area is 169 Å². The highest BCUT2D eigenvalue weighted by molar-refractivity contribution is 8.01. The van der Waals surface area contributed by atoms with Gasteiger partial charge in [0.05, 0.1) is 23.8 Å². The van der Waals surface area contributed by atoms with Gasteiger partial charge in [0, 0.05) is 29.5 Å². The molecule has 2 aromatic heterocycles. The lowest BCUT2D eigenvalue weighted by Gasteiger charge is -2.29. The molecule has 0 aliphatic carbocycles. The fraction of sp³-hybridized carbons (Fsp3) is 0.333. The summed E-state index contributed by atoms with van der Waals surface area (Å²) in [5.41, 5.74) is 8.52. The Balaban J connectivity index is 1.41. The summed E-state index contributed by atoms with van der Waals surface area (Å²) in [6, 6.07) is 5.63. The smallest absolute Gasteiger partial charge is 0.355 e. The number of carboxylic acid groups (broad SMARTS) is 1. The summed E-state index contributed by atoms with van der Waals surface area (Å²) in [5, 5.41) is 18.4. The van der Waals surface area contributed by atoms with Gasteiger partial charge >= 0.3 is 5.97 Å². The summed E-state index contributed by atoms with van der Waals surface area (Å²) < 4.78 is 0.690. The Bertz CT molecular complexity index is 1020. The van der Waals surface area contributed by atoms with Crippen LogP contribution in [0.2, 0.25) is 0 Å². The molecule has 10 heteroatoms. The number of fused-ring (bicyclic) bond motifs is 1. The van der Waals surface area contributed by atoms with E-state index >= 15 is 0 Å². The lowest BCUT2D eigenvalue weighted by atomic mass is 9.97. The number of aromatic amines is 1. The van der Waals surface area contributed by atoms with Crippen molar-refractivity contribution in [2.75, 3.05) is 12.3 Å². The van der Waals surface area contributed by atoms with Gasteiger partial charge in [0.15, 0.2) is 10.0 Å². The molecular weight excluding hydrogens is 398 g/mol. The van der Waals surface area contributed by atoms with Crippen molar-refractivity contribution in [3.8, 4) is 0 Å². The lowest BCUT2D eigenvalue weighted by Crippen LogP contribution is -2.41.